The molecular weight excluding hydrogens is 853 g/mol. The Hall–Kier alpha value is -1.59. The average molecular weight is 964 g/mol. The van der Waals surface area contributed by atoms with Gasteiger partial charge in [-0.05, 0) is 51.4 Å². The molecule has 68 heavy (non-hydrogen) atoms. The second-order valence-electron chi connectivity index (χ2n) is 20.1. The standard InChI is InChI=1S/C59H110O9/c1-3-5-7-9-11-13-15-17-19-21-23-25-27-28-30-32-34-36-38-40-42-44-46-48-55(61)67-53(52-66-59-58(64)57(63)56(62)54(50-60)68-59)51-65-49-47-45-43-41-39-37-35-33-31-29-26-24-22-20-18-16-14-12-10-8-6-4-2/h15,17,21,23,27-28,53-54,56-60,62-64H,3-14,16,18-20,22,24-26,29-52H2,1-2H3/b17-15-,23-21-,28-27-. The van der Waals surface area contributed by atoms with Gasteiger partial charge in [-0.15, -0.1) is 0 Å². The van der Waals surface area contributed by atoms with Gasteiger partial charge in [-0.25, -0.2) is 0 Å². The molecule has 9 nitrogen and oxygen atoms in total. The highest BCUT2D eigenvalue weighted by atomic mass is 16.7. The van der Waals surface area contributed by atoms with E-state index in [-0.39, 0.29) is 19.2 Å². The summed E-state index contributed by atoms with van der Waals surface area (Å²) >= 11 is 0. The molecule has 0 spiro atoms. The molecule has 1 rings (SSSR count). The predicted molar refractivity (Wildman–Crippen MR) is 284 cm³/mol. The zero-order valence-corrected chi connectivity index (χ0v) is 44.4. The number of hydrogen-bond donors (Lipinski definition) is 4. The van der Waals surface area contributed by atoms with E-state index in [1.807, 2.05) is 0 Å². The number of carbonyl (C=O) groups is 1. The maximum atomic E-state index is 12.9. The van der Waals surface area contributed by atoms with Gasteiger partial charge in [0.15, 0.2) is 6.29 Å². The first-order valence-corrected chi connectivity index (χ1v) is 29.1. The fourth-order valence-corrected chi connectivity index (χ4v) is 9.03. The summed E-state index contributed by atoms with van der Waals surface area (Å²) in [5.74, 6) is -0.316. The molecule has 0 aromatic carbocycles. The van der Waals surface area contributed by atoms with Crippen molar-refractivity contribution < 1.29 is 44.2 Å². The number of aliphatic hydroxyl groups excluding tert-OH is 4. The molecule has 1 aliphatic rings. The van der Waals surface area contributed by atoms with Crippen LogP contribution in [0.5, 0.6) is 0 Å². The van der Waals surface area contributed by atoms with Gasteiger partial charge in [-0.2, -0.15) is 0 Å². The predicted octanol–water partition coefficient (Wildman–Crippen LogP) is 15.0. The van der Waals surface area contributed by atoms with Crippen LogP contribution in [0, 0.1) is 0 Å². The van der Waals surface area contributed by atoms with Crippen LogP contribution in [-0.2, 0) is 23.7 Å². The first-order chi connectivity index (χ1) is 33.4. The van der Waals surface area contributed by atoms with Crippen LogP contribution in [0.3, 0.4) is 0 Å². The second kappa shape index (κ2) is 50.4. The lowest BCUT2D eigenvalue weighted by Crippen LogP contribution is -2.59. The summed E-state index contributed by atoms with van der Waals surface area (Å²) in [7, 11) is 0. The van der Waals surface area contributed by atoms with Crippen molar-refractivity contribution in [2.45, 2.75) is 307 Å². The van der Waals surface area contributed by atoms with E-state index in [0.29, 0.717) is 13.0 Å². The van der Waals surface area contributed by atoms with Gasteiger partial charge >= 0.3 is 5.97 Å². The van der Waals surface area contributed by atoms with Gasteiger partial charge in [0, 0.05) is 13.0 Å². The van der Waals surface area contributed by atoms with Crippen LogP contribution in [0.1, 0.15) is 271 Å². The summed E-state index contributed by atoms with van der Waals surface area (Å²) in [5.41, 5.74) is 0. The number of ether oxygens (including phenoxy) is 4. The maximum absolute atomic E-state index is 12.9. The number of hydrogen-bond acceptors (Lipinski definition) is 9. The van der Waals surface area contributed by atoms with E-state index in [1.165, 1.54) is 199 Å². The maximum Gasteiger partial charge on any atom is 0.306 e. The van der Waals surface area contributed by atoms with Crippen molar-refractivity contribution in [1.82, 2.24) is 0 Å². The van der Waals surface area contributed by atoms with Crippen LogP contribution >= 0.6 is 0 Å². The molecule has 9 heteroatoms. The molecule has 1 fully saturated rings. The van der Waals surface area contributed by atoms with E-state index >= 15 is 0 Å². The number of carbonyl (C=O) groups excluding carboxylic acids is 1. The second-order valence-corrected chi connectivity index (χ2v) is 20.1. The van der Waals surface area contributed by atoms with Crippen LogP contribution in [0.4, 0.5) is 0 Å². The number of aliphatic hydroxyl groups is 4. The highest BCUT2D eigenvalue weighted by Gasteiger charge is 2.44. The molecule has 0 amide bonds. The van der Waals surface area contributed by atoms with Gasteiger partial charge < -0.3 is 39.4 Å². The van der Waals surface area contributed by atoms with Gasteiger partial charge in [0.1, 0.15) is 30.5 Å². The van der Waals surface area contributed by atoms with E-state index in [2.05, 4.69) is 50.3 Å². The molecule has 6 unspecified atom stereocenters. The smallest absolute Gasteiger partial charge is 0.306 e. The third kappa shape index (κ3) is 40.1. The molecule has 1 aliphatic heterocycles. The third-order valence-corrected chi connectivity index (χ3v) is 13.6. The summed E-state index contributed by atoms with van der Waals surface area (Å²) in [6.07, 6.45) is 56.2. The van der Waals surface area contributed by atoms with Crippen LogP contribution < -0.4 is 0 Å². The van der Waals surface area contributed by atoms with E-state index in [1.54, 1.807) is 0 Å². The average Bonchev–Trinajstić information content (AvgIpc) is 3.34. The Morgan fingerprint density at radius 1 is 0.471 bits per heavy atom. The number of allylic oxidation sites excluding steroid dienone is 6. The molecule has 400 valence electrons. The Balaban J connectivity index is 2.16. The van der Waals surface area contributed by atoms with E-state index in [4.69, 9.17) is 18.9 Å². The van der Waals surface area contributed by atoms with Crippen LogP contribution in [0.2, 0.25) is 0 Å². The molecule has 0 aliphatic carbocycles. The Labute approximate surface area is 419 Å². The van der Waals surface area contributed by atoms with Crippen molar-refractivity contribution >= 4 is 5.97 Å². The highest BCUT2D eigenvalue weighted by molar-refractivity contribution is 5.69. The fourth-order valence-electron chi connectivity index (χ4n) is 9.03. The van der Waals surface area contributed by atoms with E-state index in [9.17, 15) is 25.2 Å². The monoisotopic (exact) mass is 963 g/mol. The Morgan fingerprint density at radius 2 is 0.853 bits per heavy atom. The number of unbranched alkanes of at least 4 members (excludes halogenated alkanes) is 34. The molecule has 0 saturated carbocycles. The molecule has 4 N–H and O–H groups in total. The van der Waals surface area contributed by atoms with Gasteiger partial charge in [0.25, 0.3) is 0 Å². The topological polar surface area (TPSA) is 135 Å². The first kappa shape index (κ1) is 64.4. The minimum atomic E-state index is -1.54. The van der Waals surface area contributed by atoms with Crippen LogP contribution in [0.15, 0.2) is 36.5 Å². The lowest BCUT2D eigenvalue weighted by molar-refractivity contribution is -0.305. The highest BCUT2D eigenvalue weighted by Crippen LogP contribution is 2.23. The molecule has 0 aromatic rings. The Morgan fingerprint density at radius 3 is 1.28 bits per heavy atom. The largest absolute Gasteiger partial charge is 0.457 e. The van der Waals surface area contributed by atoms with Gasteiger partial charge in [0.05, 0.1) is 19.8 Å². The number of rotatable bonds is 51. The molecule has 1 heterocycles. The Kier molecular flexibility index (Phi) is 47.7. The first-order valence-electron chi connectivity index (χ1n) is 29.1. The van der Waals surface area contributed by atoms with Crippen LogP contribution in [0.25, 0.3) is 0 Å². The summed E-state index contributed by atoms with van der Waals surface area (Å²) in [4.78, 5) is 12.9. The van der Waals surface area contributed by atoms with Crippen molar-refractivity contribution in [3.63, 3.8) is 0 Å². The van der Waals surface area contributed by atoms with E-state index < -0.39 is 43.4 Å². The molecule has 0 radical (unpaired) electrons. The summed E-state index contributed by atoms with van der Waals surface area (Å²) in [5, 5.41) is 40.4. The van der Waals surface area contributed by atoms with Crippen molar-refractivity contribution in [2.24, 2.45) is 0 Å². The van der Waals surface area contributed by atoms with Gasteiger partial charge in [0.2, 0.25) is 0 Å². The lowest BCUT2D eigenvalue weighted by atomic mass is 9.99. The Bertz CT molecular complexity index is 1140. The summed E-state index contributed by atoms with van der Waals surface area (Å²) in [6.45, 7) is 4.59. The number of esters is 1. The van der Waals surface area contributed by atoms with Crippen molar-refractivity contribution in [3.05, 3.63) is 36.5 Å². The lowest BCUT2D eigenvalue weighted by Gasteiger charge is -2.39. The zero-order chi connectivity index (χ0) is 49.2. The van der Waals surface area contributed by atoms with Crippen LogP contribution in [-0.4, -0.2) is 89.6 Å². The van der Waals surface area contributed by atoms with Crippen molar-refractivity contribution in [2.75, 3.05) is 26.4 Å². The zero-order valence-electron chi connectivity index (χ0n) is 44.4. The van der Waals surface area contributed by atoms with Crippen molar-refractivity contribution in [1.29, 1.82) is 0 Å². The summed E-state index contributed by atoms with van der Waals surface area (Å²) in [6, 6.07) is 0. The normalized spacial score (nSPS) is 19.3. The van der Waals surface area contributed by atoms with Crippen molar-refractivity contribution in [3.8, 4) is 0 Å². The minimum Gasteiger partial charge on any atom is -0.457 e. The van der Waals surface area contributed by atoms with Gasteiger partial charge in [-0.3, -0.25) is 4.79 Å². The molecular formula is C59H110O9. The quantitative estimate of drug-likeness (QED) is 0.0267. The minimum absolute atomic E-state index is 0.113. The van der Waals surface area contributed by atoms with Gasteiger partial charge in [-0.1, -0.05) is 249 Å². The molecule has 1 saturated heterocycles. The molecule has 0 bridgehead atoms. The van der Waals surface area contributed by atoms with E-state index in [0.717, 1.165) is 51.4 Å². The SMILES string of the molecule is CCCCCCC/C=C\C/C=C\C/C=C\CCCCCCCCCCC(=O)OC(COCCCCCCCCCCCCCCCCCCCCCCCC)COC1OC(CO)C(O)C(O)C1O. The summed E-state index contributed by atoms with van der Waals surface area (Å²) < 4.78 is 23.0. The third-order valence-electron chi connectivity index (χ3n) is 13.6. The molecule has 6 atom stereocenters. The molecule has 0 aromatic heterocycles. The fraction of sp³-hybridized carbons (Fsp3) is 0.881.